The topological polar surface area (TPSA) is 99.3 Å². The summed E-state index contributed by atoms with van der Waals surface area (Å²) in [7, 11) is 0. The lowest BCUT2D eigenvalue weighted by Gasteiger charge is -2.08. The molecule has 0 saturated heterocycles. The summed E-state index contributed by atoms with van der Waals surface area (Å²) < 4.78 is 7.04. The number of amides is 1. The lowest BCUT2D eigenvalue weighted by Crippen LogP contribution is -2.17. The van der Waals surface area contributed by atoms with Gasteiger partial charge in [-0.25, -0.2) is 0 Å². The van der Waals surface area contributed by atoms with Gasteiger partial charge < -0.3 is 24.7 Å². The minimum atomic E-state index is -0.609. The molecule has 0 saturated carbocycles. The zero-order valence-corrected chi connectivity index (χ0v) is 13.7. The third-order valence-electron chi connectivity index (χ3n) is 3.52. The molecule has 0 atom stereocenters. The minimum Gasteiger partial charge on any atom is -0.489 e. The number of ether oxygens (including phenoxy) is 1. The molecule has 0 unspecified atom stereocenters. The number of hydrogen-bond donors (Lipinski definition) is 1. The minimum absolute atomic E-state index is 0.0624. The Morgan fingerprint density at radius 3 is 2.54 bits per heavy atom. The van der Waals surface area contributed by atoms with Crippen molar-refractivity contribution in [3.63, 3.8) is 0 Å². The van der Waals surface area contributed by atoms with Gasteiger partial charge in [-0.3, -0.25) is 4.79 Å². The molecule has 2 aromatic carbocycles. The fourth-order valence-electron chi connectivity index (χ4n) is 2.27. The number of anilines is 1. The van der Waals surface area contributed by atoms with Crippen LogP contribution in [0.1, 0.15) is 5.56 Å². The number of carbonyl (C=O) groups is 1. The van der Waals surface area contributed by atoms with Gasteiger partial charge in [0.1, 0.15) is 25.1 Å². The van der Waals surface area contributed by atoms with Gasteiger partial charge in [-0.2, -0.15) is 0 Å². The Bertz CT molecular complexity index is 891. The second kappa shape index (κ2) is 7.93. The number of carbonyl (C=O) groups excluding carboxylic acids is 1. The van der Waals surface area contributed by atoms with Crippen molar-refractivity contribution in [1.82, 2.24) is 9.55 Å². The third kappa shape index (κ3) is 4.67. The summed E-state index contributed by atoms with van der Waals surface area (Å²) in [4.78, 5) is 25.6. The molecule has 0 fully saturated rings. The maximum Gasteiger partial charge on any atom is 0.381 e. The molecule has 3 rings (SSSR count). The number of aromatic nitrogens is 2. The Balaban J connectivity index is 1.51. The van der Waals surface area contributed by atoms with E-state index in [9.17, 15) is 14.9 Å². The first-order valence-electron chi connectivity index (χ1n) is 7.83. The largest absolute Gasteiger partial charge is 0.489 e. The van der Waals surface area contributed by atoms with E-state index in [1.54, 1.807) is 24.3 Å². The number of hydrogen-bond acceptors (Lipinski definition) is 5. The van der Waals surface area contributed by atoms with Crippen LogP contribution in [0.25, 0.3) is 0 Å². The zero-order chi connectivity index (χ0) is 18.4. The van der Waals surface area contributed by atoms with Crippen molar-refractivity contribution >= 4 is 17.4 Å². The van der Waals surface area contributed by atoms with Crippen molar-refractivity contribution in [1.29, 1.82) is 0 Å². The average molecular weight is 352 g/mol. The molecule has 1 aromatic heterocycles. The van der Waals surface area contributed by atoms with Crippen LogP contribution in [0.15, 0.2) is 67.1 Å². The number of nitrogens with one attached hydrogen (secondary N) is 1. The second-order valence-electron chi connectivity index (χ2n) is 5.51. The summed E-state index contributed by atoms with van der Waals surface area (Å²) in [6.07, 6.45) is 2.46. The second-order valence-corrected chi connectivity index (χ2v) is 5.51. The average Bonchev–Trinajstić information content (AvgIpc) is 3.11. The smallest absolute Gasteiger partial charge is 0.381 e. The molecule has 0 aliphatic carbocycles. The van der Waals surface area contributed by atoms with E-state index in [-0.39, 0.29) is 18.3 Å². The number of nitrogens with zero attached hydrogens (tertiary/aromatic N) is 3. The molecule has 8 heteroatoms. The van der Waals surface area contributed by atoms with E-state index in [0.717, 1.165) is 5.56 Å². The molecule has 0 radical (unpaired) electrons. The molecule has 0 aliphatic rings. The molecule has 132 valence electrons. The number of nitro groups is 1. The van der Waals surface area contributed by atoms with E-state index in [1.807, 2.05) is 30.3 Å². The van der Waals surface area contributed by atoms with Gasteiger partial charge >= 0.3 is 5.82 Å². The van der Waals surface area contributed by atoms with Crippen molar-refractivity contribution in [2.24, 2.45) is 0 Å². The van der Waals surface area contributed by atoms with Crippen molar-refractivity contribution in [3.05, 3.63) is 82.8 Å². The zero-order valence-electron chi connectivity index (χ0n) is 13.7. The first-order valence-corrected chi connectivity index (χ1v) is 7.83. The number of imidazole rings is 1. The lowest BCUT2D eigenvalue weighted by atomic mass is 10.2. The summed E-state index contributed by atoms with van der Waals surface area (Å²) in [6, 6.07) is 16.8. The van der Waals surface area contributed by atoms with E-state index in [0.29, 0.717) is 18.0 Å². The highest BCUT2D eigenvalue weighted by molar-refractivity contribution is 5.90. The molecule has 1 heterocycles. The molecule has 8 nitrogen and oxygen atoms in total. The molecule has 1 N–H and O–H groups in total. The van der Waals surface area contributed by atoms with Gasteiger partial charge in [-0.15, -0.1) is 0 Å². The maximum absolute atomic E-state index is 12.0. The van der Waals surface area contributed by atoms with E-state index in [2.05, 4.69) is 10.3 Å². The van der Waals surface area contributed by atoms with E-state index in [1.165, 1.54) is 17.1 Å². The number of benzene rings is 2. The van der Waals surface area contributed by atoms with Crippen molar-refractivity contribution in [2.45, 2.75) is 13.2 Å². The molecule has 1 amide bonds. The highest BCUT2D eigenvalue weighted by atomic mass is 16.6. The first kappa shape index (κ1) is 17.2. The van der Waals surface area contributed by atoms with Crippen LogP contribution in [0.5, 0.6) is 5.75 Å². The fourth-order valence-corrected chi connectivity index (χ4v) is 2.27. The Morgan fingerprint density at radius 1 is 1.15 bits per heavy atom. The lowest BCUT2D eigenvalue weighted by molar-refractivity contribution is -0.389. The summed E-state index contributed by atoms with van der Waals surface area (Å²) >= 11 is 0. The molecule has 0 spiro atoms. The number of rotatable bonds is 7. The molecule has 0 bridgehead atoms. The molecular formula is C18H16N4O4. The van der Waals surface area contributed by atoms with E-state index >= 15 is 0 Å². The first-order chi connectivity index (χ1) is 12.6. The van der Waals surface area contributed by atoms with Crippen molar-refractivity contribution in [3.8, 4) is 5.75 Å². The predicted molar refractivity (Wildman–Crippen MR) is 94.7 cm³/mol. The summed E-state index contributed by atoms with van der Waals surface area (Å²) in [5, 5.41) is 13.3. The Labute approximate surface area is 149 Å². The monoisotopic (exact) mass is 352 g/mol. The Morgan fingerprint density at radius 2 is 1.88 bits per heavy atom. The third-order valence-corrected chi connectivity index (χ3v) is 3.52. The summed E-state index contributed by atoms with van der Waals surface area (Å²) in [5.41, 5.74) is 1.68. The van der Waals surface area contributed by atoms with Gasteiger partial charge in [0.25, 0.3) is 0 Å². The van der Waals surface area contributed by atoms with Crippen LogP contribution < -0.4 is 10.1 Å². The van der Waals surface area contributed by atoms with Gasteiger partial charge in [0, 0.05) is 5.69 Å². The van der Waals surface area contributed by atoms with Crippen molar-refractivity contribution in [2.75, 3.05) is 5.32 Å². The van der Waals surface area contributed by atoms with Gasteiger partial charge in [0.2, 0.25) is 12.2 Å². The Kier molecular flexibility index (Phi) is 5.23. The standard InChI is InChI=1S/C18H16N4O4/c23-18(11-21-10-17(19-13-21)22(24)25)20-15-6-8-16(9-7-15)26-12-14-4-2-1-3-5-14/h1-10,13H,11-12H2,(H,20,23). The van der Waals surface area contributed by atoms with Crippen LogP contribution in [0.2, 0.25) is 0 Å². The Hall–Kier alpha value is -3.68. The van der Waals surface area contributed by atoms with Crippen LogP contribution in [0.3, 0.4) is 0 Å². The molecule has 0 aliphatic heterocycles. The molecule has 26 heavy (non-hydrogen) atoms. The van der Waals surface area contributed by atoms with Gasteiger partial charge in [0.15, 0.2) is 0 Å². The SMILES string of the molecule is O=C(Cn1cnc([N+](=O)[O-])c1)Nc1ccc(OCc2ccccc2)cc1. The van der Waals surface area contributed by atoms with Crippen LogP contribution in [-0.4, -0.2) is 20.4 Å². The fraction of sp³-hybridized carbons (Fsp3) is 0.111. The summed E-state index contributed by atoms with van der Waals surface area (Å²) in [5.74, 6) is 0.0880. The normalized spacial score (nSPS) is 10.3. The van der Waals surface area contributed by atoms with E-state index in [4.69, 9.17) is 4.74 Å². The molecule has 3 aromatic rings. The molecular weight excluding hydrogens is 336 g/mol. The van der Waals surface area contributed by atoms with Crippen LogP contribution in [0.4, 0.5) is 11.5 Å². The van der Waals surface area contributed by atoms with E-state index < -0.39 is 4.92 Å². The van der Waals surface area contributed by atoms with Gasteiger partial charge in [-0.05, 0) is 39.7 Å². The summed E-state index contributed by atoms with van der Waals surface area (Å²) in [6.45, 7) is 0.402. The quantitative estimate of drug-likeness (QED) is 0.520. The highest BCUT2D eigenvalue weighted by Gasteiger charge is 2.12. The van der Waals surface area contributed by atoms with Gasteiger partial charge in [-0.1, -0.05) is 30.3 Å². The predicted octanol–water partition coefficient (Wildman–Crippen LogP) is 3.01. The van der Waals surface area contributed by atoms with Crippen molar-refractivity contribution < 1.29 is 14.5 Å². The van der Waals surface area contributed by atoms with Crippen LogP contribution in [-0.2, 0) is 17.9 Å². The maximum atomic E-state index is 12.0. The van der Waals surface area contributed by atoms with Crippen LogP contribution in [0, 0.1) is 10.1 Å². The van der Waals surface area contributed by atoms with Crippen LogP contribution >= 0.6 is 0 Å². The highest BCUT2D eigenvalue weighted by Crippen LogP contribution is 2.17. The van der Waals surface area contributed by atoms with Gasteiger partial charge in [0.05, 0.1) is 0 Å².